The second-order valence-corrected chi connectivity index (χ2v) is 5.49. The number of carbonyl (C=O) groups excluding carboxylic acids is 1. The third-order valence-electron chi connectivity index (χ3n) is 2.74. The zero-order valence-electron chi connectivity index (χ0n) is 11.7. The van der Waals surface area contributed by atoms with Crippen LogP contribution in [0.4, 0.5) is 4.79 Å². The number of nitrogens with one attached hydrogen (secondary N) is 1. The molecule has 0 bridgehead atoms. The molecule has 0 aliphatic carbocycles. The number of likely N-dealkylation sites (tertiary alicyclic amines) is 1. The Morgan fingerprint density at radius 1 is 1.39 bits per heavy atom. The smallest absolute Gasteiger partial charge is 0.410 e. The van der Waals surface area contributed by atoms with E-state index in [1.54, 1.807) is 11.9 Å². The Balaban J connectivity index is 2.37. The van der Waals surface area contributed by atoms with Gasteiger partial charge in [0.1, 0.15) is 5.60 Å². The van der Waals surface area contributed by atoms with Crippen molar-refractivity contribution >= 4 is 12.1 Å². The van der Waals surface area contributed by atoms with Crippen LogP contribution in [0, 0.1) is 0 Å². The number of hydrogen-bond donors (Lipinski definition) is 2. The van der Waals surface area contributed by atoms with E-state index in [0.717, 1.165) is 12.8 Å². The number of amides is 1. The van der Waals surface area contributed by atoms with Crippen LogP contribution in [0.2, 0.25) is 0 Å². The first-order valence-electron chi connectivity index (χ1n) is 6.28. The van der Waals surface area contributed by atoms with Gasteiger partial charge in [0, 0.05) is 26.2 Å². The second kappa shape index (κ2) is 5.93. The predicted molar refractivity (Wildman–Crippen MR) is 71.5 cm³/mol. The van der Waals surface area contributed by atoms with Gasteiger partial charge in [0.25, 0.3) is 0 Å². The molecule has 0 spiro atoms. The number of hydrogen-bond acceptors (Lipinski definition) is 3. The monoisotopic (exact) mass is 256 g/mol. The lowest BCUT2D eigenvalue weighted by molar-refractivity contribution is 0.0203. The fraction of sp³-hybridized carbons (Fsp3) is 0.833. The second-order valence-electron chi connectivity index (χ2n) is 5.49. The molecule has 0 aromatic heterocycles. The molecule has 1 fully saturated rings. The van der Waals surface area contributed by atoms with Crippen LogP contribution in [0.5, 0.6) is 0 Å². The van der Waals surface area contributed by atoms with Crippen molar-refractivity contribution in [1.29, 1.82) is 0 Å². The first-order valence-corrected chi connectivity index (χ1v) is 6.28. The summed E-state index contributed by atoms with van der Waals surface area (Å²) in [7, 11) is 1.65. The van der Waals surface area contributed by atoms with E-state index >= 15 is 0 Å². The lowest BCUT2D eigenvalue weighted by Gasteiger charge is -2.33. The predicted octanol–water partition coefficient (Wildman–Crippen LogP) is 0.920. The van der Waals surface area contributed by atoms with E-state index in [-0.39, 0.29) is 12.1 Å². The molecule has 0 aromatic carbocycles. The van der Waals surface area contributed by atoms with Gasteiger partial charge in [-0.3, -0.25) is 4.99 Å². The molecule has 6 heteroatoms. The van der Waals surface area contributed by atoms with Crippen molar-refractivity contribution in [3.63, 3.8) is 0 Å². The third kappa shape index (κ3) is 4.81. The number of nitrogens with zero attached hydrogens (tertiary/aromatic N) is 2. The minimum atomic E-state index is -0.439. The summed E-state index contributed by atoms with van der Waals surface area (Å²) in [4.78, 5) is 17.4. The lowest BCUT2D eigenvalue weighted by Crippen LogP contribution is -2.49. The van der Waals surface area contributed by atoms with Gasteiger partial charge >= 0.3 is 6.09 Å². The Bertz CT molecular complexity index is 315. The highest BCUT2D eigenvalue weighted by atomic mass is 16.6. The fourth-order valence-electron chi connectivity index (χ4n) is 1.81. The third-order valence-corrected chi connectivity index (χ3v) is 2.74. The SMILES string of the molecule is CN=C(N)NC1CCN(C(=O)OC(C)(C)C)CC1. The zero-order valence-corrected chi connectivity index (χ0v) is 11.7. The molecule has 1 rings (SSSR count). The summed E-state index contributed by atoms with van der Waals surface area (Å²) in [6.45, 7) is 6.99. The maximum atomic E-state index is 11.8. The van der Waals surface area contributed by atoms with Crippen molar-refractivity contribution in [3.8, 4) is 0 Å². The highest BCUT2D eigenvalue weighted by Crippen LogP contribution is 2.15. The quantitative estimate of drug-likeness (QED) is 0.540. The normalized spacial score (nSPS) is 18.7. The molecule has 0 aromatic rings. The van der Waals surface area contributed by atoms with E-state index in [9.17, 15) is 4.79 Å². The maximum absolute atomic E-state index is 11.8. The molecule has 1 amide bonds. The van der Waals surface area contributed by atoms with Crippen LogP contribution < -0.4 is 11.1 Å². The van der Waals surface area contributed by atoms with Crippen LogP contribution in [0.15, 0.2) is 4.99 Å². The molecule has 6 nitrogen and oxygen atoms in total. The van der Waals surface area contributed by atoms with Crippen molar-refractivity contribution in [1.82, 2.24) is 10.2 Å². The summed E-state index contributed by atoms with van der Waals surface area (Å²) in [5.74, 6) is 0.450. The van der Waals surface area contributed by atoms with Crippen molar-refractivity contribution in [2.75, 3.05) is 20.1 Å². The van der Waals surface area contributed by atoms with E-state index in [4.69, 9.17) is 10.5 Å². The average Bonchev–Trinajstić information content (AvgIpc) is 2.27. The van der Waals surface area contributed by atoms with Crippen LogP contribution >= 0.6 is 0 Å². The van der Waals surface area contributed by atoms with Crippen LogP contribution in [-0.4, -0.2) is 48.7 Å². The topological polar surface area (TPSA) is 80.0 Å². The fourth-order valence-corrected chi connectivity index (χ4v) is 1.81. The summed E-state index contributed by atoms with van der Waals surface area (Å²) in [6, 6.07) is 0.285. The van der Waals surface area contributed by atoms with Gasteiger partial charge in [0.05, 0.1) is 0 Å². The van der Waals surface area contributed by atoms with Crippen LogP contribution in [0.1, 0.15) is 33.6 Å². The van der Waals surface area contributed by atoms with Gasteiger partial charge in [-0.2, -0.15) is 0 Å². The molecule has 1 aliphatic rings. The minimum Gasteiger partial charge on any atom is -0.444 e. The van der Waals surface area contributed by atoms with E-state index in [2.05, 4.69) is 10.3 Å². The molecule has 0 unspecified atom stereocenters. The molecule has 0 atom stereocenters. The first kappa shape index (κ1) is 14.6. The van der Waals surface area contributed by atoms with Gasteiger partial charge < -0.3 is 20.7 Å². The van der Waals surface area contributed by atoms with Crippen LogP contribution in [0.25, 0.3) is 0 Å². The van der Waals surface area contributed by atoms with Crippen molar-refractivity contribution in [2.24, 2.45) is 10.7 Å². The molecule has 3 N–H and O–H groups in total. The molecule has 104 valence electrons. The summed E-state index contributed by atoms with van der Waals surface area (Å²) in [5.41, 5.74) is 5.18. The van der Waals surface area contributed by atoms with Crippen LogP contribution in [-0.2, 0) is 4.74 Å². The Hall–Kier alpha value is -1.46. The standard InChI is InChI=1S/C12H24N4O2/c1-12(2,3)18-11(17)16-7-5-9(6-8-16)15-10(13)14-4/h9H,5-8H2,1-4H3,(H3,13,14,15). The van der Waals surface area contributed by atoms with E-state index in [1.807, 2.05) is 20.8 Å². The average molecular weight is 256 g/mol. The van der Waals surface area contributed by atoms with E-state index in [0.29, 0.717) is 19.0 Å². The Morgan fingerprint density at radius 3 is 2.39 bits per heavy atom. The molecule has 0 saturated carbocycles. The number of aliphatic imine (C=N–C) groups is 1. The summed E-state index contributed by atoms with van der Waals surface area (Å²) in [5, 5.41) is 3.13. The highest BCUT2D eigenvalue weighted by Gasteiger charge is 2.26. The first-order chi connectivity index (χ1) is 8.31. The number of piperidine rings is 1. The van der Waals surface area contributed by atoms with Gasteiger partial charge in [0.15, 0.2) is 5.96 Å². The summed E-state index contributed by atoms with van der Waals surface area (Å²) < 4.78 is 5.33. The van der Waals surface area contributed by atoms with E-state index < -0.39 is 5.60 Å². The maximum Gasteiger partial charge on any atom is 0.410 e. The lowest BCUT2D eigenvalue weighted by atomic mass is 10.1. The summed E-state index contributed by atoms with van der Waals surface area (Å²) >= 11 is 0. The largest absolute Gasteiger partial charge is 0.444 e. The number of carbonyl (C=O) groups is 1. The van der Waals surface area contributed by atoms with Crippen molar-refractivity contribution in [2.45, 2.75) is 45.3 Å². The van der Waals surface area contributed by atoms with Crippen LogP contribution in [0.3, 0.4) is 0 Å². The number of rotatable bonds is 1. The molecular formula is C12H24N4O2. The van der Waals surface area contributed by atoms with Crippen molar-refractivity contribution in [3.05, 3.63) is 0 Å². The molecular weight excluding hydrogens is 232 g/mol. The van der Waals surface area contributed by atoms with Gasteiger partial charge in [-0.25, -0.2) is 4.79 Å². The molecule has 1 heterocycles. The Morgan fingerprint density at radius 2 is 1.94 bits per heavy atom. The number of ether oxygens (including phenoxy) is 1. The molecule has 1 saturated heterocycles. The Kier molecular flexibility index (Phi) is 4.81. The van der Waals surface area contributed by atoms with Gasteiger partial charge in [-0.1, -0.05) is 0 Å². The minimum absolute atomic E-state index is 0.238. The summed E-state index contributed by atoms with van der Waals surface area (Å²) in [6.07, 6.45) is 1.48. The van der Waals surface area contributed by atoms with Gasteiger partial charge in [0.2, 0.25) is 0 Å². The van der Waals surface area contributed by atoms with Crippen molar-refractivity contribution < 1.29 is 9.53 Å². The number of guanidine groups is 1. The number of nitrogens with two attached hydrogens (primary N) is 1. The highest BCUT2D eigenvalue weighted by molar-refractivity contribution is 5.78. The molecule has 18 heavy (non-hydrogen) atoms. The molecule has 0 radical (unpaired) electrons. The van der Waals surface area contributed by atoms with Gasteiger partial charge in [-0.15, -0.1) is 0 Å². The zero-order chi connectivity index (χ0) is 13.8. The van der Waals surface area contributed by atoms with Gasteiger partial charge in [-0.05, 0) is 33.6 Å². The molecule has 1 aliphatic heterocycles. The Labute approximate surface area is 109 Å². The van der Waals surface area contributed by atoms with E-state index in [1.165, 1.54) is 0 Å².